The highest BCUT2D eigenvalue weighted by Gasteiger charge is 2.33. The van der Waals surface area contributed by atoms with Gasteiger partial charge in [0.05, 0.1) is 28.9 Å². The van der Waals surface area contributed by atoms with Gasteiger partial charge in [-0.25, -0.2) is 13.4 Å². The van der Waals surface area contributed by atoms with E-state index in [-0.39, 0.29) is 11.4 Å². The fourth-order valence-electron chi connectivity index (χ4n) is 3.54. The van der Waals surface area contributed by atoms with Gasteiger partial charge in [-0.1, -0.05) is 6.92 Å². The van der Waals surface area contributed by atoms with Gasteiger partial charge in [-0.3, -0.25) is 4.90 Å². The van der Waals surface area contributed by atoms with Crippen LogP contribution in [0.1, 0.15) is 46.4 Å². The Kier molecular flexibility index (Phi) is 5.66. The topological polar surface area (TPSA) is 72.6 Å². The summed E-state index contributed by atoms with van der Waals surface area (Å²) in [6.45, 7) is 9.49. The molecule has 27 heavy (non-hydrogen) atoms. The maximum Gasteiger partial charge on any atom is 0.209 e. The van der Waals surface area contributed by atoms with E-state index in [1.165, 1.54) is 0 Å². The number of nitrogens with zero attached hydrogens (tertiary/aromatic N) is 2. The number of sulfone groups is 1. The molecule has 1 fully saturated rings. The third kappa shape index (κ3) is 5.09. The fourth-order valence-corrected chi connectivity index (χ4v) is 4.44. The highest BCUT2D eigenvalue weighted by molar-refractivity contribution is 7.91. The van der Waals surface area contributed by atoms with E-state index in [0.29, 0.717) is 40.5 Å². The molecule has 0 saturated heterocycles. The van der Waals surface area contributed by atoms with Crippen molar-refractivity contribution in [3.63, 3.8) is 0 Å². The van der Waals surface area contributed by atoms with Crippen LogP contribution in [0.15, 0.2) is 27.5 Å². The zero-order valence-electron chi connectivity index (χ0n) is 16.9. The van der Waals surface area contributed by atoms with Crippen LogP contribution in [0.3, 0.4) is 0 Å². The first-order valence-corrected chi connectivity index (χ1v) is 11.2. The van der Waals surface area contributed by atoms with E-state index >= 15 is 0 Å². The lowest BCUT2D eigenvalue weighted by molar-refractivity contribution is -0.115. The van der Waals surface area contributed by atoms with Crippen molar-refractivity contribution in [3.05, 3.63) is 24.1 Å². The van der Waals surface area contributed by atoms with Crippen molar-refractivity contribution >= 4 is 20.9 Å². The molecular formula is C20H30N2O4S. The van der Waals surface area contributed by atoms with Crippen LogP contribution in [0.5, 0.6) is 0 Å². The maximum absolute atomic E-state index is 12.0. The molecule has 1 saturated carbocycles. The van der Waals surface area contributed by atoms with Crippen LogP contribution in [0, 0.1) is 5.92 Å². The van der Waals surface area contributed by atoms with Crippen LogP contribution < -0.4 is 0 Å². The normalized spacial score (nSPS) is 21.0. The Hall–Kier alpha value is -1.44. The molecule has 1 aromatic heterocycles. The number of ether oxygens (including phenoxy) is 1. The molecule has 0 atom stereocenters. The SMILES string of the molecule is CCS(=O)(=O)c1ccc2oc(CN(C)CC3CC(OC(C)(C)C)C3)nc2c1. The summed E-state index contributed by atoms with van der Waals surface area (Å²) in [6.07, 6.45) is 2.55. The van der Waals surface area contributed by atoms with E-state index in [2.05, 4.69) is 37.7 Å². The van der Waals surface area contributed by atoms with Crippen molar-refractivity contribution in [2.75, 3.05) is 19.3 Å². The molecule has 7 heteroatoms. The number of rotatable bonds is 7. The molecule has 1 aliphatic carbocycles. The van der Waals surface area contributed by atoms with Crippen LogP contribution >= 0.6 is 0 Å². The lowest BCUT2D eigenvalue weighted by Gasteiger charge is -2.40. The smallest absolute Gasteiger partial charge is 0.209 e. The number of hydrogen-bond acceptors (Lipinski definition) is 6. The molecule has 0 radical (unpaired) electrons. The van der Waals surface area contributed by atoms with Crippen LogP contribution in [0.2, 0.25) is 0 Å². The van der Waals surface area contributed by atoms with Crippen LogP contribution in [0.4, 0.5) is 0 Å². The van der Waals surface area contributed by atoms with E-state index in [1.807, 2.05) is 0 Å². The Morgan fingerprint density at radius 1 is 1.30 bits per heavy atom. The number of aromatic nitrogens is 1. The summed E-state index contributed by atoms with van der Waals surface area (Å²) in [5.41, 5.74) is 1.13. The monoisotopic (exact) mass is 394 g/mol. The molecule has 0 N–H and O–H groups in total. The van der Waals surface area contributed by atoms with E-state index in [9.17, 15) is 8.42 Å². The molecule has 1 aromatic carbocycles. The number of fused-ring (bicyclic) bond motifs is 1. The Labute approximate surface area is 161 Å². The summed E-state index contributed by atoms with van der Waals surface area (Å²) < 4.78 is 35.8. The molecule has 0 aliphatic heterocycles. The summed E-state index contributed by atoms with van der Waals surface area (Å²) in [6, 6.07) is 4.87. The first kappa shape index (κ1) is 20.3. The van der Waals surface area contributed by atoms with Crippen molar-refractivity contribution in [1.29, 1.82) is 0 Å². The zero-order chi connectivity index (χ0) is 19.8. The quantitative estimate of drug-likeness (QED) is 0.714. The lowest BCUT2D eigenvalue weighted by atomic mass is 9.81. The van der Waals surface area contributed by atoms with Gasteiger partial charge in [-0.15, -0.1) is 0 Å². The average molecular weight is 395 g/mol. The van der Waals surface area contributed by atoms with Crippen LogP contribution in [-0.4, -0.2) is 49.4 Å². The van der Waals surface area contributed by atoms with Gasteiger partial charge in [-0.05, 0) is 64.8 Å². The fraction of sp³-hybridized carbons (Fsp3) is 0.650. The molecular weight excluding hydrogens is 364 g/mol. The maximum atomic E-state index is 12.0. The van der Waals surface area contributed by atoms with Gasteiger partial charge in [0.25, 0.3) is 0 Å². The number of oxazole rings is 1. The summed E-state index contributed by atoms with van der Waals surface area (Å²) in [4.78, 5) is 6.98. The van der Waals surface area contributed by atoms with E-state index in [4.69, 9.17) is 9.15 Å². The Morgan fingerprint density at radius 3 is 2.63 bits per heavy atom. The van der Waals surface area contributed by atoms with Crippen molar-refractivity contribution in [3.8, 4) is 0 Å². The van der Waals surface area contributed by atoms with E-state index in [0.717, 1.165) is 19.4 Å². The lowest BCUT2D eigenvalue weighted by Crippen LogP contribution is -2.41. The van der Waals surface area contributed by atoms with Crippen molar-refractivity contribution in [1.82, 2.24) is 9.88 Å². The van der Waals surface area contributed by atoms with E-state index in [1.54, 1.807) is 25.1 Å². The van der Waals surface area contributed by atoms with Gasteiger partial charge < -0.3 is 9.15 Å². The largest absolute Gasteiger partial charge is 0.439 e. The standard InChI is InChI=1S/C20H30N2O4S/c1-6-27(23,24)16-7-8-18-17(11-16)21-19(25-18)13-22(5)12-14-9-15(10-14)26-20(2,3)4/h7-8,11,14-15H,6,9-10,12-13H2,1-5H3. The number of hydrogen-bond donors (Lipinski definition) is 0. The highest BCUT2D eigenvalue weighted by atomic mass is 32.2. The minimum absolute atomic E-state index is 0.0767. The first-order valence-electron chi connectivity index (χ1n) is 9.54. The second-order valence-electron chi connectivity index (χ2n) is 8.53. The summed E-state index contributed by atoms with van der Waals surface area (Å²) in [7, 11) is -1.18. The molecule has 2 aromatic rings. The van der Waals surface area contributed by atoms with Crippen molar-refractivity contribution in [2.45, 2.75) is 63.7 Å². The highest BCUT2D eigenvalue weighted by Crippen LogP contribution is 2.33. The Morgan fingerprint density at radius 2 is 2.00 bits per heavy atom. The molecule has 3 rings (SSSR count). The van der Waals surface area contributed by atoms with Gasteiger partial charge in [0.1, 0.15) is 5.52 Å². The third-order valence-electron chi connectivity index (χ3n) is 4.83. The van der Waals surface area contributed by atoms with Crippen molar-refractivity contribution < 1.29 is 17.6 Å². The predicted octanol–water partition coefficient (Wildman–Crippen LogP) is 3.65. The Bertz CT molecular complexity index is 892. The predicted molar refractivity (Wildman–Crippen MR) is 105 cm³/mol. The number of benzene rings is 1. The van der Waals surface area contributed by atoms with Gasteiger partial charge in [-0.2, -0.15) is 0 Å². The van der Waals surface area contributed by atoms with Gasteiger partial charge >= 0.3 is 0 Å². The van der Waals surface area contributed by atoms with Gasteiger partial charge in [0.15, 0.2) is 15.4 Å². The van der Waals surface area contributed by atoms with Crippen LogP contribution in [0.25, 0.3) is 11.1 Å². The van der Waals surface area contributed by atoms with Gasteiger partial charge in [0.2, 0.25) is 5.89 Å². The molecule has 1 aliphatic rings. The van der Waals surface area contributed by atoms with Gasteiger partial charge in [0, 0.05) is 6.54 Å². The molecule has 1 heterocycles. The Balaban J connectivity index is 1.57. The molecule has 6 nitrogen and oxygen atoms in total. The second kappa shape index (κ2) is 7.53. The molecule has 0 bridgehead atoms. The van der Waals surface area contributed by atoms with Crippen LogP contribution in [-0.2, 0) is 21.1 Å². The second-order valence-corrected chi connectivity index (χ2v) is 10.8. The zero-order valence-corrected chi connectivity index (χ0v) is 17.7. The molecule has 0 unspecified atom stereocenters. The minimum atomic E-state index is -3.24. The molecule has 0 amide bonds. The summed E-state index contributed by atoms with van der Waals surface area (Å²) in [5.74, 6) is 1.32. The molecule has 0 spiro atoms. The summed E-state index contributed by atoms with van der Waals surface area (Å²) >= 11 is 0. The summed E-state index contributed by atoms with van der Waals surface area (Å²) in [5, 5.41) is 0. The minimum Gasteiger partial charge on any atom is -0.439 e. The third-order valence-corrected chi connectivity index (χ3v) is 6.56. The average Bonchev–Trinajstić information content (AvgIpc) is 2.92. The molecule has 150 valence electrons. The van der Waals surface area contributed by atoms with Crippen molar-refractivity contribution in [2.24, 2.45) is 5.92 Å². The first-order chi connectivity index (χ1) is 12.6. The van der Waals surface area contributed by atoms with E-state index < -0.39 is 9.84 Å².